The van der Waals surface area contributed by atoms with Crippen LogP contribution in [0.5, 0.6) is 0 Å². The van der Waals surface area contributed by atoms with E-state index < -0.39 is 36.1 Å². The first-order chi connectivity index (χ1) is 13.5. The van der Waals surface area contributed by atoms with E-state index in [2.05, 4.69) is 10.6 Å². The van der Waals surface area contributed by atoms with Gasteiger partial charge in [0.2, 0.25) is 5.91 Å². The maximum Gasteiger partial charge on any atom is 0.494 e. The van der Waals surface area contributed by atoms with Crippen molar-refractivity contribution < 1.29 is 23.3 Å². The van der Waals surface area contributed by atoms with Gasteiger partial charge in [0.15, 0.2) is 0 Å². The van der Waals surface area contributed by atoms with E-state index in [0.717, 1.165) is 11.5 Å². The molecule has 7 nitrogen and oxygen atoms in total. The van der Waals surface area contributed by atoms with Crippen LogP contribution < -0.4 is 21.8 Å². The molecule has 0 spiro atoms. The molecule has 0 aliphatic carbocycles. The number of rotatable bonds is 4. The first-order valence-electron chi connectivity index (χ1n) is 9.11. The Morgan fingerprint density at radius 1 is 0.966 bits per heavy atom. The van der Waals surface area contributed by atoms with Crippen LogP contribution >= 0.6 is 0 Å². The van der Waals surface area contributed by atoms with Gasteiger partial charge in [-0.1, -0.05) is 12.1 Å². The zero-order valence-electron chi connectivity index (χ0n) is 16.7. The van der Waals surface area contributed by atoms with Gasteiger partial charge in [0.25, 0.3) is 0 Å². The molecule has 1 saturated heterocycles. The molecule has 0 saturated carbocycles. The average molecular weight is 399 g/mol. The minimum absolute atomic E-state index is 0.0201. The third kappa shape index (κ3) is 4.41. The minimum atomic E-state index is -0.757. The summed E-state index contributed by atoms with van der Waals surface area (Å²) in [6.45, 7) is 7.90. The molecule has 1 fully saturated rings. The molecular formula is C20H23BFN3O4. The van der Waals surface area contributed by atoms with E-state index in [1.807, 2.05) is 27.7 Å². The van der Waals surface area contributed by atoms with Crippen molar-refractivity contribution in [2.45, 2.75) is 38.9 Å². The van der Waals surface area contributed by atoms with Crippen LogP contribution in [0.25, 0.3) is 0 Å². The van der Waals surface area contributed by atoms with Crippen LogP contribution in [-0.2, 0) is 9.31 Å². The van der Waals surface area contributed by atoms with Crippen LogP contribution in [0.1, 0.15) is 38.1 Å². The molecule has 3 rings (SSSR count). The Morgan fingerprint density at radius 3 is 2.07 bits per heavy atom. The van der Waals surface area contributed by atoms with E-state index in [1.54, 1.807) is 24.3 Å². The number of amides is 3. The summed E-state index contributed by atoms with van der Waals surface area (Å²) < 4.78 is 26.0. The van der Waals surface area contributed by atoms with Crippen LogP contribution in [0.3, 0.4) is 0 Å². The molecule has 1 aliphatic rings. The highest BCUT2D eigenvalue weighted by molar-refractivity contribution is 6.62. The number of urea groups is 1. The van der Waals surface area contributed by atoms with Gasteiger partial charge >= 0.3 is 13.1 Å². The highest BCUT2D eigenvalue weighted by Crippen LogP contribution is 2.36. The first-order valence-corrected chi connectivity index (χ1v) is 9.11. The molecule has 2 aromatic carbocycles. The smallest absolute Gasteiger partial charge is 0.399 e. The van der Waals surface area contributed by atoms with Crippen molar-refractivity contribution in [3.05, 3.63) is 53.8 Å². The van der Waals surface area contributed by atoms with E-state index in [0.29, 0.717) is 5.69 Å². The second-order valence-corrected chi connectivity index (χ2v) is 7.85. The SMILES string of the molecule is CC1(C)OB(c2ccc(NC(=O)Nc3ccc(C(N)=O)cc3F)cc2)OC1(C)C. The Bertz CT molecular complexity index is 931. The lowest BCUT2D eigenvalue weighted by molar-refractivity contribution is 0.00578. The summed E-state index contributed by atoms with van der Waals surface area (Å²) in [4.78, 5) is 23.2. The van der Waals surface area contributed by atoms with Gasteiger partial charge in [-0.05, 0) is 63.5 Å². The molecule has 0 radical (unpaired) electrons. The summed E-state index contributed by atoms with van der Waals surface area (Å²) in [6, 6.07) is 9.94. The average Bonchev–Trinajstić information content (AvgIpc) is 2.84. The van der Waals surface area contributed by atoms with Gasteiger partial charge in [0.1, 0.15) is 5.82 Å². The zero-order valence-corrected chi connectivity index (χ0v) is 16.7. The lowest BCUT2D eigenvalue weighted by Gasteiger charge is -2.32. The van der Waals surface area contributed by atoms with E-state index in [-0.39, 0.29) is 11.3 Å². The summed E-state index contributed by atoms with van der Waals surface area (Å²) in [7, 11) is -0.499. The molecule has 1 heterocycles. The monoisotopic (exact) mass is 399 g/mol. The maximum absolute atomic E-state index is 14.0. The van der Waals surface area contributed by atoms with Crippen molar-refractivity contribution >= 4 is 35.9 Å². The van der Waals surface area contributed by atoms with Gasteiger partial charge in [0, 0.05) is 11.3 Å². The van der Waals surface area contributed by atoms with Gasteiger partial charge < -0.3 is 25.7 Å². The molecule has 0 bridgehead atoms. The van der Waals surface area contributed by atoms with Gasteiger partial charge in [-0.3, -0.25) is 4.79 Å². The number of benzene rings is 2. The predicted molar refractivity (Wildman–Crippen MR) is 110 cm³/mol. The zero-order chi connectivity index (χ0) is 21.4. The lowest BCUT2D eigenvalue weighted by Crippen LogP contribution is -2.41. The fourth-order valence-electron chi connectivity index (χ4n) is 2.76. The largest absolute Gasteiger partial charge is 0.494 e. The number of hydrogen-bond acceptors (Lipinski definition) is 4. The molecule has 4 N–H and O–H groups in total. The Kier molecular flexibility index (Phi) is 5.38. The Morgan fingerprint density at radius 2 is 1.55 bits per heavy atom. The molecule has 3 amide bonds. The summed E-state index contributed by atoms with van der Waals surface area (Å²) in [5, 5.41) is 5.00. The third-order valence-corrected chi connectivity index (χ3v) is 5.20. The second-order valence-electron chi connectivity index (χ2n) is 7.85. The summed E-state index contributed by atoms with van der Waals surface area (Å²) in [6.07, 6.45) is 0. The Balaban J connectivity index is 1.63. The first kappa shape index (κ1) is 20.8. The fourth-order valence-corrected chi connectivity index (χ4v) is 2.76. The van der Waals surface area contributed by atoms with Gasteiger partial charge in [-0.15, -0.1) is 0 Å². The molecule has 0 unspecified atom stereocenters. The highest BCUT2D eigenvalue weighted by Gasteiger charge is 2.51. The van der Waals surface area contributed by atoms with Crippen molar-refractivity contribution in [2.24, 2.45) is 5.73 Å². The Hall–Kier alpha value is -2.91. The van der Waals surface area contributed by atoms with E-state index in [9.17, 15) is 14.0 Å². The number of halogens is 1. The van der Waals surface area contributed by atoms with Crippen molar-refractivity contribution in [1.29, 1.82) is 0 Å². The normalized spacial score (nSPS) is 17.1. The minimum Gasteiger partial charge on any atom is -0.399 e. The van der Waals surface area contributed by atoms with Crippen LogP contribution in [0.15, 0.2) is 42.5 Å². The molecule has 0 aromatic heterocycles. The molecule has 9 heteroatoms. The van der Waals surface area contributed by atoms with E-state index in [4.69, 9.17) is 15.0 Å². The predicted octanol–water partition coefficient (Wildman–Crippen LogP) is 2.87. The number of primary amides is 1. The van der Waals surface area contributed by atoms with Crippen molar-refractivity contribution in [3.63, 3.8) is 0 Å². The molecule has 2 aromatic rings. The van der Waals surface area contributed by atoms with Crippen molar-refractivity contribution in [3.8, 4) is 0 Å². The van der Waals surface area contributed by atoms with Crippen LogP contribution in [0.4, 0.5) is 20.6 Å². The van der Waals surface area contributed by atoms with Gasteiger partial charge in [-0.25, -0.2) is 9.18 Å². The number of carbonyl (C=O) groups is 2. The number of hydrogen-bond donors (Lipinski definition) is 3. The number of nitrogens with one attached hydrogen (secondary N) is 2. The quantitative estimate of drug-likeness (QED) is 0.688. The summed E-state index contributed by atoms with van der Waals surface area (Å²) >= 11 is 0. The molecule has 0 atom stereocenters. The highest BCUT2D eigenvalue weighted by atomic mass is 19.1. The third-order valence-electron chi connectivity index (χ3n) is 5.20. The Labute approximate surface area is 168 Å². The second kappa shape index (κ2) is 7.49. The number of carbonyl (C=O) groups excluding carboxylic acids is 2. The van der Waals surface area contributed by atoms with E-state index in [1.165, 1.54) is 12.1 Å². The molecule has 1 aliphatic heterocycles. The van der Waals surface area contributed by atoms with Gasteiger partial charge in [0.05, 0.1) is 16.9 Å². The summed E-state index contributed by atoms with van der Waals surface area (Å²) in [5.41, 5.74) is 5.50. The van der Waals surface area contributed by atoms with Gasteiger partial charge in [-0.2, -0.15) is 0 Å². The van der Waals surface area contributed by atoms with Crippen LogP contribution in [-0.4, -0.2) is 30.3 Å². The fraction of sp³-hybridized carbons (Fsp3) is 0.300. The van der Waals surface area contributed by atoms with Crippen LogP contribution in [0, 0.1) is 5.82 Å². The maximum atomic E-state index is 14.0. The van der Waals surface area contributed by atoms with Crippen LogP contribution in [0.2, 0.25) is 0 Å². The standard InChI is InChI=1S/C20H23BFN3O4/c1-19(2)20(3,4)29-21(28-19)13-6-8-14(9-7-13)24-18(27)25-16-10-5-12(17(23)26)11-15(16)22/h5-11H,1-4H3,(H2,23,26)(H2,24,25,27). The topological polar surface area (TPSA) is 103 Å². The van der Waals surface area contributed by atoms with E-state index >= 15 is 0 Å². The lowest BCUT2D eigenvalue weighted by atomic mass is 9.79. The van der Waals surface area contributed by atoms with Crippen molar-refractivity contribution in [2.75, 3.05) is 10.6 Å². The number of anilines is 2. The molecular weight excluding hydrogens is 376 g/mol. The molecule has 152 valence electrons. The summed E-state index contributed by atoms with van der Waals surface area (Å²) in [5.74, 6) is -1.51. The number of nitrogens with two attached hydrogens (primary N) is 1. The van der Waals surface area contributed by atoms with Crippen molar-refractivity contribution in [1.82, 2.24) is 0 Å². The molecule has 29 heavy (non-hydrogen) atoms.